The third kappa shape index (κ3) is 3.78. The van der Waals surface area contributed by atoms with Crippen LogP contribution in [-0.4, -0.2) is 0 Å². The Morgan fingerprint density at radius 3 is 2.35 bits per heavy atom. The van der Waals surface area contributed by atoms with Gasteiger partial charge >= 0.3 is 0 Å². The molecule has 0 fully saturated rings. The zero-order chi connectivity index (χ0) is 18.8. The number of hydrogen-bond acceptors (Lipinski definition) is 1. The number of anilines is 1. The van der Waals surface area contributed by atoms with E-state index in [9.17, 15) is 8.78 Å². The van der Waals surface area contributed by atoms with Gasteiger partial charge in [0.15, 0.2) is 0 Å². The molecule has 0 spiro atoms. The number of halogens is 3. The van der Waals surface area contributed by atoms with Gasteiger partial charge < -0.3 is 5.32 Å². The van der Waals surface area contributed by atoms with Gasteiger partial charge in [-0.1, -0.05) is 42.4 Å². The Bertz CT molecular complexity index is 995. The summed E-state index contributed by atoms with van der Waals surface area (Å²) in [5, 5.41) is 3.78. The Kier molecular flexibility index (Phi) is 5.10. The second-order valence-corrected chi connectivity index (χ2v) is 6.65. The number of benzene rings is 3. The SMILES string of the molecule is C=C(Nc1ccc(F)c(-c2ccc(C)cc2F)c1)c1ccc(C)c(Cl)c1. The van der Waals surface area contributed by atoms with Crippen LogP contribution in [0.5, 0.6) is 0 Å². The summed E-state index contributed by atoms with van der Waals surface area (Å²) in [5.74, 6) is -0.938. The average molecular weight is 370 g/mol. The van der Waals surface area contributed by atoms with Gasteiger partial charge in [0.1, 0.15) is 11.6 Å². The standard InChI is InChI=1S/C22H18ClF2N/c1-13-4-8-18(22(25)10-13)19-12-17(7-9-21(19)24)26-15(3)16-6-5-14(2)20(23)11-16/h4-12,26H,3H2,1-2H3. The van der Waals surface area contributed by atoms with E-state index in [2.05, 4.69) is 11.9 Å². The molecule has 3 rings (SSSR count). The second kappa shape index (κ2) is 7.30. The molecule has 4 heteroatoms. The van der Waals surface area contributed by atoms with Crippen LogP contribution in [0.1, 0.15) is 16.7 Å². The average Bonchev–Trinajstić information content (AvgIpc) is 2.59. The summed E-state index contributed by atoms with van der Waals surface area (Å²) in [7, 11) is 0. The number of aryl methyl sites for hydroxylation is 2. The summed E-state index contributed by atoms with van der Waals surface area (Å²) < 4.78 is 28.5. The van der Waals surface area contributed by atoms with Crippen molar-refractivity contribution in [3.8, 4) is 11.1 Å². The number of hydrogen-bond donors (Lipinski definition) is 1. The largest absolute Gasteiger partial charge is 0.356 e. The zero-order valence-electron chi connectivity index (χ0n) is 14.5. The van der Waals surface area contributed by atoms with Crippen molar-refractivity contribution in [3.63, 3.8) is 0 Å². The molecular weight excluding hydrogens is 352 g/mol. The van der Waals surface area contributed by atoms with E-state index in [0.717, 1.165) is 16.7 Å². The van der Waals surface area contributed by atoms with Crippen LogP contribution in [0.2, 0.25) is 5.02 Å². The summed E-state index contributed by atoms with van der Waals surface area (Å²) >= 11 is 6.16. The van der Waals surface area contributed by atoms with E-state index in [1.165, 1.54) is 12.1 Å². The van der Waals surface area contributed by atoms with Crippen molar-refractivity contribution in [1.82, 2.24) is 0 Å². The Hall–Kier alpha value is -2.65. The number of rotatable bonds is 4. The predicted molar refractivity (Wildman–Crippen MR) is 105 cm³/mol. The first-order chi connectivity index (χ1) is 12.3. The van der Waals surface area contributed by atoms with Crippen LogP contribution in [0.3, 0.4) is 0 Å². The molecule has 0 aromatic heterocycles. The quantitative estimate of drug-likeness (QED) is 0.522. The summed E-state index contributed by atoms with van der Waals surface area (Å²) in [6, 6.07) is 14.8. The molecule has 0 unspecified atom stereocenters. The van der Waals surface area contributed by atoms with Crippen LogP contribution in [0.4, 0.5) is 14.5 Å². The molecule has 26 heavy (non-hydrogen) atoms. The molecule has 0 bridgehead atoms. The van der Waals surface area contributed by atoms with Gasteiger partial charge in [-0.05, 0) is 60.9 Å². The van der Waals surface area contributed by atoms with Crippen LogP contribution in [0.15, 0.2) is 61.2 Å². The maximum Gasteiger partial charge on any atom is 0.131 e. The Morgan fingerprint density at radius 1 is 0.885 bits per heavy atom. The molecule has 0 saturated heterocycles. The van der Waals surface area contributed by atoms with Gasteiger partial charge in [0, 0.05) is 27.5 Å². The third-order valence-corrected chi connectivity index (χ3v) is 4.60. The van der Waals surface area contributed by atoms with Gasteiger partial charge in [0.05, 0.1) is 0 Å². The second-order valence-electron chi connectivity index (χ2n) is 6.25. The van der Waals surface area contributed by atoms with E-state index in [4.69, 9.17) is 11.6 Å². The number of nitrogens with one attached hydrogen (secondary N) is 1. The van der Waals surface area contributed by atoms with Crippen LogP contribution >= 0.6 is 11.6 Å². The van der Waals surface area contributed by atoms with Crippen molar-refractivity contribution in [1.29, 1.82) is 0 Å². The Balaban J connectivity index is 1.92. The molecule has 132 valence electrons. The molecule has 1 nitrogen and oxygen atoms in total. The summed E-state index contributed by atoms with van der Waals surface area (Å²) in [6.07, 6.45) is 0. The molecular formula is C22H18ClF2N. The first-order valence-corrected chi connectivity index (χ1v) is 8.51. The van der Waals surface area contributed by atoms with Gasteiger partial charge in [-0.3, -0.25) is 0 Å². The van der Waals surface area contributed by atoms with Gasteiger partial charge in [-0.2, -0.15) is 0 Å². The molecule has 0 saturated carbocycles. The first kappa shape index (κ1) is 18.2. The molecule has 0 atom stereocenters. The summed E-state index contributed by atoms with van der Waals surface area (Å²) in [6.45, 7) is 7.72. The highest BCUT2D eigenvalue weighted by molar-refractivity contribution is 6.31. The minimum Gasteiger partial charge on any atom is -0.356 e. The zero-order valence-corrected chi connectivity index (χ0v) is 15.3. The topological polar surface area (TPSA) is 12.0 Å². The molecule has 0 aliphatic carbocycles. The third-order valence-electron chi connectivity index (χ3n) is 4.20. The van der Waals surface area contributed by atoms with Crippen LogP contribution in [-0.2, 0) is 0 Å². The fourth-order valence-corrected chi connectivity index (χ4v) is 2.86. The Morgan fingerprint density at radius 2 is 1.65 bits per heavy atom. The molecule has 0 amide bonds. The summed E-state index contributed by atoms with van der Waals surface area (Å²) in [5.41, 5.74) is 4.24. The first-order valence-electron chi connectivity index (χ1n) is 8.13. The highest BCUT2D eigenvalue weighted by Crippen LogP contribution is 2.30. The van der Waals surface area contributed by atoms with E-state index < -0.39 is 11.6 Å². The van der Waals surface area contributed by atoms with E-state index in [1.54, 1.807) is 31.2 Å². The van der Waals surface area contributed by atoms with Crippen molar-refractivity contribution in [3.05, 3.63) is 94.5 Å². The smallest absolute Gasteiger partial charge is 0.131 e. The van der Waals surface area contributed by atoms with Gasteiger partial charge in [0.25, 0.3) is 0 Å². The molecule has 3 aromatic rings. The van der Waals surface area contributed by atoms with E-state index >= 15 is 0 Å². The van der Waals surface area contributed by atoms with Gasteiger partial charge in [0.2, 0.25) is 0 Å². The van der Waals surface area contributed by atoms with Crippen molar-refractivity contribution in [2.45, 2.75) is 13.8 Å². The highest BCUT2D eigenvalue weighted by atomic mass is 35.5. The van der Waals surface area contributed by atoms with Gasteiger partial charge in [-0.15, -0.1) is 0 Å². The monoisotopic (exact) mass is 369 g/mol. The lowest BCUT2D eigenvalue weighted by Gasteiger charge is -2.13. The summed E-state index contributed by atoms with van der Waals surface area (Å²) in [4.78, 5) is 0. The molecule has 0 aliphatic heterocycles. The minimum atomic E-state index is -0.484. The molecule has 0 aliphatic rings. The van der Waals surface area contributed by atoms with Crippen molar-refractivity contribution < 1.29 is 8.78 Å². The van der Waals surface area contributed by atoms with Crippen LogP contribution in [0, 0.1) is 25.5 Å². The van der Waals surface area contributed by atoms with Crippen molar-refractivity contribution in [2.24, 2.45) is 0 Å². The molecule has 0 heterocycles. The highest BCUT2D eigenvalue weighted by Gasteiger charge is 2.12. The van der Waals surface area contributed by atoms with Crippen LogP contribution < -0.4 is 5.32 Å². The fourth-order valence-electron chi connectivity index (χ4n) is 2.67. The predicted octanol–water partition coefficient (Wildman–Crippen LogP) is 6.98. The van der Waals surface area contributed by atoms with E-state index in [0.29, 0.717) is 16.4 Å². The lowest BCUT2D eigenvalue weighted by Crippen LogP contribution is -1.99. The van der Waals surface area contributed by atoms with Crippen molar-refractivity contribution >= 4 is 23.0 Å². The fraction of sp³-hybridized carbons (Fsp3) is 0.0909. The lowest BCUT2D eigenvalue weighted by atomic mass is 10.0. The molecule has 1 N–H and O–H groups in total. The molecule has 0 radical (unpaired) electrons. The lowest BCUT2D eigenvalue weighted by molar-refractivity contribution is 0.616. The van der Waals surface area contributed by atoms with E-state index in [1.807, 2.05) is 25.1 Å². The maximum atomic E-state index is 14.3. The van der Waals surface area contributed by atoms with Crippen molar-refractivity contribution in [2.75, 3.05) is 5.32 Å². The molecule has 3 aromatic carbocycles. The van der Waals surface area contributed by atoms with Gasteiger partial charge in [-0.25, -0.2) is 8.78 Å². The van der Waals surface area contributed by atoms with Crippen LogP contribution in [0.25, 0.3) is 16.8 Å². The minimum absolute atomic E-state index is 0.197. The maximum absolute atomic E-state index is 14.3. The van der Waals surface area contributed by atoms with E-state index in [-0.39, 0.29) is 11.1 Å². The normalized spacial score (nSPS) is 10.7. The Labute approximate surface area is 156 Å².